The first-order valence-corrected chi connectivity index (χ1v) is 10.7. The summed E-state index contributed by atoms with van der Waals surface area (Å²) in [4.78, 5) is 44.8. The van der Waals surface area contributed by atoms with Crippen LogP contribution in [0.3, 0.4) is 0 Å². The fraction of sp³-hybridized carbons (Fsp3) is 0.130. The number of anilines is 2. The maximum atomic E-state index is 13.6. The highest BCUT2D eigenvalue weighted by Gasteiger charge is 2.60. The number of nitrogens with zero attached hydrogens (tertiary/aromatic N) is 3. The highest BCUT2D eigenvalue weighted by Crippen LogP contribution is 2.49. The predicted molar refractivity (Wildman–Crippen MR) is 122 cm³/mol. The summed E-state index contributed by atoms with van der Waals surface area (Å²) in [6.45, 7) is 0. The fourth-order valence-corrected chi connectivity index (χ4v) is 4.86. The zero-order valence-electron chi connectivity index (χ0n) is 16.8. The summed E-state index contributed by atoms with van der Waals surface area (Å²) in [6, 6.07) is 18.8. The monoisotopic (exact) mass is 483 g/mol. The zero-order chi connectivity index (χ0) is 23.3. The van der Waals surface area contributed by atoms with Crippen LogP contribution >= 0.6 is 23.2 Å². The summed E-state index contributed by atoms with van der Waals surface area (Å²) >= 11 is 12.5. The Morgan fingerprint density at radius 3 is 2.21 bits per heavy atom. The molecular weight excluding hydrogens is 469 g/mol. The number of nitro benzene ring substituents is 1. The number of rotatable bonds is 4. The lowest BCUT2D eigenvalue weighted by atomic mass is 9.90. The van der Waals surface area contributed by atoms with Crippen LogP contribution in [0.4, 0.5) is 17.1 Å². The van der Waals surface area contributed by atoms with Crippen LogP contribution in [-0.2, 0) is 14.4 Å². The number of para-hydroxylation sites is 2. The highest BCUT2D eigenvalue weighted by molar-refractivity contribution is 6.42. The molecule has 0 unspecified atom stereocenters. The summed E-state index contributed by atoms with van der Waals surface area (Å²) in [7, 11) is 0. The minimum Gasteiger partial charge on any atom is -0.273 e. The van der Waals surface area contributed by atoms with Crippen LogP contribution in [0.15, 0.2) is 72.8 Å². The zero-order valence-corrected chi connectivity index (χ0v) is 18.3. The number of benzene rings is 3. The Bertz CT molecular complexity index is 1270. The van der Waals surface area contributed by atoms with Crippen LogP contribution in [0.25, 0.3) is 0 Å². The van der Waals surface area contributed by atoms with Gasteiger partial charge in [0.1, 0.15) is 5.92 Å². The van der Waals surface area contributed by atoms with Crippen molar-refractivity contribution >= 4 is 52.1 Å². The lowest BCUT2D eigenvalue weighted by Gasteiger charge is -2.29. The number of carbonyl (C=O) groups excluding carboxylic acids is 2. The molecule has 2 aliphatic heterocycles. The van der Waals surface area contributed by atoms with E-state index >= 15 is 0 Å². The van der Waals surface area contributed by atoms with Gasteiger partial charge >= 0.3 is 0 Å². The molecule has 0 radical (unpaired) electrons. The van der Waals surface area contributed by atoms with Crippen molar-refractivity contribution in [3.8, 4) is 0 Å². The molecule has 3 aromatic rings. The fourth-order valence-electron chi connectivity index (χ4n) is 4.30. The minimum absolute atomic E-state index is 0.0953. The second kappa shape index (κ2) is 8.15. The largest absolute Gasteiger partial charge is 0.273 e. The first-order valence-electron chi connectivity index (χ1n) is 9.95. The Kier molecular flexibility index (Phi) is 5.28. The number of hydrogen-bond donors (Lipinski definition) is 0. The van der Waals surface area contributed by atoms with E-state index in [1.54, 1.807) is 36.4 Å². The van der Waals surface area contributed by atoms with Crippen molar-refractivity contribution in [2.45, 2.75) is 12.1 Å². The maximum absolute atomic E-state index is 13.6. The Balaban J connectivity index is 1.63. The number of non-ortho nitro benzene ring substituents is 1. The van der Waals surface area contributed by atoms with Gasteiger partial charge in [0.25, 0.3) is 11.6 Å². The van der Waals surface area contributed by atoms with Gasteiger partial charge in [-0.05, 0) is 29.8 Å². The highest BCUT2D eigenvalue weighted by atomic mass is 35.5. The number of hydrogen-bond acceptors (Lipinski definition) is 6. The molecule has 0 aliphatic carbocycles. The van der Waals surface area contributed by atoms with E-state index in [-0.39, 0.29) is 21.4 Å². The number of carbonyl (C=O) groups is 2. The van der Waals surface area contributed by atoms with Crippen LogP contribution < -0.4 is 9.96 Å². The van der Waals surface area contributed by atoms with Crippen molar-refractivity contribution in [3.05, 3.63) is 98.5 Å². The van der Waals surface area contributed by atoms with E-state index in [9.17, 15) is 19.7 Å². The first kappa shape index (κ1) is 21.4. The second-order valence-corrected chi connectivity index (χ2v) is 8.41. The molecule has 2 heterocycles. The Hall–Kier alpha value is -3.46. The molecule has 3 atom stereocenters. The average molecular weight is 484 g/mol. The summed E-state index contributed by atoms with van der Waals surface area (Å²) < 4.78 is 0. The van der Waals surface area contributed by atoms with Crippen molar-refractivity contribution in [2.75, 3.05) is 9.96 Å². The number of imide groups is 1. The molecule has 0 N–H and O–H groups in total. The van der Waals surface area contributed by atoms with E-state index in [1.807, 2.05) is 6.07 Å². The van der Waals surface area contributed by atoms with Crippen molar-refractivity contribution in [3.63, 3.8) is 0 Å². The average Bonchev–Trinajstić information content (AvgIpc) is 3.31. The molecule has 0 aromatic heterocycles. The van der Waals surface area contributed by atoms with Gasteiger partial charge in [0.05, 0.1) is 32.4 Å². The molecule has 33 heavy (non-hydrogen) atoms. The topological polar surface area (TPSA) is 93.0 Å². The standard InChI is InChI=1S/C23H15Cl2N3O5/c24-16-10-5-11-17(25)20(16)26-22(29)18-19(13-6-4-9-15(12-13)28(31)32)27(33-21(18)23(26)30)14-7-2-1-3-8-14/h1-12,18-19,21H/t18-,19-,21+/m0/s1. The molecule has 2 aliphatic rings. The molecule has 5 rings (SSSR count). The summed E-state index contributed by atoms with van der Waals surface area (Å²) in [5.74, 6) is -2.11. The van der Waals surface area contributed by atoms with Crippen molar-refractivity contribution in [1.29, 1.82) is 0 Å². The third-order valence-electron chi connectivity index (χ3n) is 5.71. The molecule has 2 saturated heterocycles. The van der Waals surface area contributed by atoms with Gasteiger partial charge in [0.2, 0.25) is 5.91 Å². The Morgan fingerprint density at radius 2 is 1.55 bits per heavy atom. The van der Waals surface area contributed by atoms with Gasteiger partial charge in [-0.2, -0.15) is 0 Å². The molecule has 0 bridgehead atoms. The minimum atomic E-state index is -1.14. The molecule has 3 aromatic carbocycles. The predicted octanol–water partition coefficient (Wildman–Crippen LogP) is 4.95. The normalized spacial score (nSPS) is 22.1. The van der Waals surface area contributed by atoms with Gasteiger partial charge in [-0.1, -0.05) is 59.6 Å². The second-order valence-electron chi connectivity index (χ2n) is 7.59. The molecule has 8 nitrogen and oxygen atoms in total. The summed E-state index contributed by atoms with van der Waals surface area (Å²) in [5.41, 5.74) is 1.03. The van der Waals surface area contributed by atoms with Gasteiger partial charge in [0, 0.05) is 12.1 Å². The quantitative estimate of drug-likeness (QED) is 0.296. The van der Waals surface area contributed by atoms with Gasteiger partial charge in [-0.25, -0.2) is 9.96 Å². The van der Waals surface area contributed by atoms with Crippen LogP contribution in [0.2, 0.25) is 10.0 Å². The molecule has 0 saturated carbocycles. The molecule has 166 valence electrons. The Morgan fingerprint density at radius 1 is 0.879 bits per heavy atom. The van der Waals surface area contributed by atoms with E-state index < -0.39 is 34.8 Å². The molecule has 0 spiro atoms. The SMILES string of the molecule is O=C1[C@@H]2[C@@H](ON(c3ccccc3)[C@H]2c2cccc([N+](=O)[O-])c2)C(=O)N1c1c(Cl)cccc1Cl. The van der Waals surface area contributed by atoms with Gasteiger partial charge in [0.15, 0.2) is 6.10 Å². The Labute approximate surface area is 198 Å². The number of amides is 2. The lowest BCUT2D eigenvalue weighted by Crippen LogP contribution is -2.37. The van der Waals surface area contributed by atoms with Crippen LogP contribution in [0, 0.1) is 16.0 Å². The van der Waals surface area contributed by atoms with Crippen LogP contribution in [0.5, 0.6) is 0 Å². The molecular formula is C23H15Cl2N3O5. The summed E-state index contributed by atoms with van der Waals surface area (Å²) in [5, 5.41) is 13.1. The number of halogens is 2. The van der Waals surface area contributed by atoms with Crippen molar-refractivity contribution in [1.82, 2.24) is 0 Å². The molecule has 2 amide bonds. The van der Waals surface area contributed by atoms with E-state index in [1.165, 1.54) is 35.4 Å². The lowest BCUT2D eigenvalue weighted by molar-refractivity contribution is -0.384. The molecule has 2 fully saturated rings. The van der Waals surface area contributed by atoms with E-state index in [0.717, 1.165) is 4.90 Å². The molecule has 10 heteroatoms. The van der Waals surface area contributed by atoms with Gasteiger partial charge in [-0.3, -0.25) is 24.5 Å². The van der Waals surface area contributed by atoms with Gasteiger partial charge in [-0.15, -0.1) is 0 Å². The van der Waals surface area contributed by atoms with Crippen molar-refractivity contribution in [2.24, 2.45) is 5.92 Å². The van der Waals surface area contributed by atoms with E-state index in [4.69, 9.17) is 28.0 Å². The van der Waals surface area contributed by atoms with E-state index in [2.05, 4.69) is 0 Å². The number of nitro groups is 1. The van der Waals surface area contributed by atoms with E-state index in [0.29, 0.717) is 11.3 Å². The number of fused-ring (bicyclic) bond motifs is 1. The van der Waals surface area contributed by atoms with Gasteiger partial charge < -0.3 is 0 Å². The third-order valence-corrected chi connectivity index (χ3v) is 6.32. The van der Waals surface area contributed by atoms with Crippen LogP contribution in [0.1, 0.15) is 11.6 Å². The summed E-state index contributed by atoms with van der Waals surface area (Å²) in [6.07, 6.45) is -1.14. The maximum Gasteiger partial charge on any atom is 0.269 e. The third kappa shape index (κ3) is 3.43. The van der Waals surface area contributed by atoms with Crippen LogP contribution in [-0.4, -0.2) is 22.8 Å². The van der Waals surface area contributed by atoms with Crippen molar-refractivity contribution < 1.29 is 19.3 Å². The smallest absolute Gasteiger partial charge is 0.269 e. The first-order chi connectivity index (χ1) is 15.9. The number of hydroxylamine groups is 1.